The Morgan fingerprint density at radius 1 is 1.45 bits per heavy atom. The zero-order valence-electron chi connectivity index (χ0n) is 11.7. The van der Waals surface area contributed by atoms with Crippen LogP contribution in [0.5, 0.6) is 0 Å². The van der Waals surface area contributed by atoms with Crippen LogP contribution < -0.4 is 5.32 Å². The van der Waals surface area contributed by atoms with Gasteiger partial charge in [-0.1, -0.05) is 6.92 Å². The van der Waals surface area contributed by atoms with Gasteiger partial charge in [0.2, 0.25) is 0 Å². The Bertz CT molecular complexity index is 468. The number of fused-ring (bicyclic) bond motifs is 1. The Labute approximate surface area is 117 Å². The van der Waals surface area contributed by atoms with Gasteiger partial charge in [0.05, 0.1) is 19.8 Å². The lowest BCUT2D eigenvalue weighted by Gasteiger charge is -2.28. The van der Waals surface area contributed by atoms with Gasteiger partial charge in [-0.15, -0.1) is 10.2 Å². The van der Waals surface area contributed by atoms with Crippen molar-refractivity contribution in [1.29, 1.82) is 0 Å². The third-order valence-electron chi connectivity index (χ3n) is 3.79. The third kappa shape index (κ3) is 2.69. The van der Waals surface area contributed by atoms with E-state index in [1.54, 1.807) is 0 Å². The Morgan fingerprint density at radius 2 is 2.35 bits per heavy atom. The molecule has 1 amide bonds. The topological polar surface area (TPSA) is 78.3 Å². The minimum atomic E-state index is -0.475. The molecule has 7 nitrogen and oxygen atoms in total. The predicted octanol–water partition coefficient (Wildman–Crippen LogP) is -0.313. The molecule has 1 aromatic heterocycles. The number of aryl methyl sites for hydroxylation is 2. The molecule has 0 spiro atoms. The van der Waals surface area contributed by atoms with E-state index in [1.165, 1.54) is 0 Å². The lowest BCUT2D eigenvalue weighted by molar-refractivity contribution is -0.148. The van der Waals surface area contributed by atoms with E-state index < -0.39 is 6.10 Å². The van der Waals surface area contributed by atoms with Crippen molar-refractivity contribution in [2.75, 3.05) is 19.8 Å². The highest BCUT2D eigenvalue weighted by Crippen LogP contribution is 2.16. The standard InChI is InChI=1S/C13H20N4O3/c1-2-11-15-16-12-4-3-9(7-17(11)12)14-13(18)10-8-19-5-6-20-10/h9-10H,2-8H2,1H3,(H,14,18). The lowest BCUT2D eigenvalue weighted by atomic mass is 10.1. The minimum Gasteiger partial charge on any atom is -0.376 e. The van der Waals surface area contributed by atoms with Crippen LogP contribution in [0.4, 0.5) is 0 Å². The van der Waals surface area contributed by atoms with Gasteiger partial charge in [0, 0.05) is 25.4 Å². The predicted molar refractivity (Wildman–Crippen MR) is 70.2 cm³/mol. The van der Waals surface area contributed by atoms with Crippen LogP contribution in [0.3, 0.4) is 0 Å². The van der Waals surface area contributed by atoms with Crippen molar-refractivity contribution in [2.24, 2.45) is 0 Å². The number of nitrogens with zero attached hydrogens (tertiary/aromatic N) is 3. The number of amides is 1. The van der Waals surface area contributed by atoms with Gasteiger partial charge in [0.1, 0.15) is 11.6 Å². The fourth-order valence-electron chi connectivity index (χ4n) is 2.70. The van der Waals surface area contributed by atoms with Crippen molar-refractivity contribution in [1.82, 2.24) is 20.1 Å². The summed E-state index contributed by atoms with van der Waals surface area (Å²) >= 11 is 0. The van der Waals surface area contributed by atoms with E-state index in [0.29, 0.717) is 19.8 Å². The van der Waals surface area contributed by atoms with Crippen LogP contribution in [0.2, 0.25) is 0 Å². The Morgan fingerprint density at radius 3 is 3.10 bits per heavy atom. The van der Waals surface area contributed by atoms with Crippen LogP contribution in [-0.2, 0) is 33.7 Å². The molecule has 2 atom stereocenters. The van der Waals surface area contributed by atoms with Gasteiger partial charge in [-0.2, -0.15) is 0 Å². The number of aromatic nitrogens is 3. The molecule has 0 aromatic carbocycles. The Balaban J connectivity index is 1.60. The number of hydrogen-bond donors (Lipinski definition) is 1. The molecular formula is C13H20N4O3. The van der Waals surface area contributed by atoms with Crippen molar-refractivity contribution in [3.8, 4) is 0 Å². The zero-order chi connectivity index (χ0) is 13.9. The number of carbonyl (C=O) groups excluding carboxylic acids is 1. The molecule has 0 aliphatic carbocycles. The average Bonchev–Trinajstić information content (AvgIpc) is 2.90. The van der Waals surface area contributed by atoms with Gasteiger partial charge >= 0.3 is 0 Å². The van der Waals surface area contributed by atoms with Crippen molar-refractivity contribution in [3.63, 3.8) is 0 Å². The average molecular weight is 280 g/mol. The maximum Gasteiger partial charge on any atom is 0.251 e. The molecule has 3 rings (SSSR count). The summed E-state index contributed by atoms with van der Waals surface area (Å²) in [5.41, 5.74) is 0. The number of ether oxygens (including phenoxy) is 2. The first-order valence-corrected chi connectivity index (χ1v) is 7.18. The maximum absolute atomic E-state index is 12.1. The molecule has 2 aliphatic heterocycles. The summed E-state index contributed by atoms with van der Waals surface area (Å²) in [7, 11) is 0. The lowest BCUT2D eigenvalue weighted by Crippen LogP contribution is -2.49. The smallest absolute Gasteiger partial charge is 0.251 e. The third-order valence-corrected chi connectivity index (χ3v) is 3.79. The molecule has 110 valence electrons. The molecule has 1 aromatic rings. The van der Waals surface area contributed by atoms with Gasteiger partial charge in [0.25, 0.3) is 5.91 Å². The minimum absolute atomic E-state index is 0.0794. The molecule has 0 saturated carbocycles. The van der Waals surface area contributed by atoms with Crippen molar-refractivity contribution < 1.29 is 14.3 Å². The fourth-order valence-corrected chi connectivity index (χ4v) is 2.70. The first-order chi connectivity index (χ1) is 9.78. The molecule has 0 bridgehead atoms. The Hall–Kier alpha value is -1.47. The highest BCUT2D eigenvalue weighted by molar-refractivity contribution is 5.81. The van der Waals surface area contributed by atoms with E-state index in [1.807, 2.05) is 0 Å². The first-order valence-electron chi connectivity index (χ1n) is 7.18. The zero-order valence-corrected chi connectivity index (χ0v) is 11.7. The van der Waals surface area contributed by atoms with E-state index in [9.17, 15) is 4.79 Å². The Kier molecular flexibility index (Phi) is 3.98. The van der Waals surface area contributed by atoms with Crippen LogP contribution in [0.25, 0.3) is 0 Å². The van der Waals surface area contributed by atoms with E-state index in [4.69, 9.17) is 9.47 Å². The van der Waals surface area contributed by atoms with Crippen LogP contribution in [0, 0.1) is 0 Å². The quantitative estimate of drug-likeness (QED) is 0.821. The number of carbonyl (C=O) groups is 1. The molecule has 3 heterocycles. The van der Waals surface area contributed by atoms with E-state index in [-0.39, 0.29) is 11.9 Å². The molecule has 1 N–H and O–H groups in total. The molecule has 20 heavy (non-hydrogen) atoms. The SMILES string of the molecule is CCc1nnc2n1CC(NC(=O)C1COCCO1)CC2. The van der Waals surface area contributed by atoms with Crippen LogP contribution in [0.15, 0.2) is 0 Å². The second kappa shape index (κ2) is 5.88. The van der Waals surface area contributed by atoms with Crippen LogP contribution >= 0.6 is 0 Å². The highest BCUT2D eigenvalue weighted by Gasteiger charge is 2.28. The molecule has 2 aliphatic rings. The van der Waals surface area contributed by atoms with Gasteiger partial charge < -0.3 is 19.4 Å². The number of rotatable bonds is 3. The fraction of sp³-hybridized carbons (Fsp3) is 0.769. The summed E-state index contributed by atoms with van der Waals surface area (Å²) in [5.74, 6) is 1.92. The van der Waals surface area contributed by atoms with E-state index >= 15 is 0 Å². The van der Waals surface area contributed by atoms with Crippen molar-refractivity contribution in [2.45, 2.75) is 44.9 Å². The van der Waals surface area contributed by atoms with Crippen molar-refractivity contribution in [3.05, 3.63) is 11.6 Å². The van der Waals surface area contributed by atoms with Gasteiger partial charge in [-0.05, 0) is 6.42 Å². The maximum atomic E-state index is 12.1. The van der Waals surface area contributed by atoms with Crippen molar-refractivity contribution >= 4 is 5.91 Å². The summed E-state index contributed by atoms with van der Waals surface area (Å²) in [6.45, 7) is 4.20. The highest BCUT2D eigenvalue weighted by atomic mass is 16.6. The van der Waals surface area contributed by atoms with E-state index in [2.05, 4.69) is 27.0 Å². The summed E-state index contributed by atoms with van der Waals surface area (Å²) in [6.07, 6.45) is 2.12. The second-order valence-electron chi connectivity index (χ2n) is 5.18. The largest absolute Gasteiger partial charge is 0.376 e. The molecular weight excluding hydrogens is 260 g/mol. The normalized spacial score (nSPS) is 26.1. The van der Waals surface area contributed by atoms with Gasteiger partial charge in [-0.3, -0.25) is 4.79 Å². The monoisotopic (exact) mass is 280 g/mol. The molecule has 1 saturated heterocycles. The van der Waals surface area contributed by atoms with Gasteiger partial charge in [0.15, 0.2) is 6.10 Å². The first kappa shape index (κ1) is 13.5. The number of hydrogen-bond acceptors (Lipinski definition) is 5. The van der Waals surface area contributed by atoms with E-state index in [0.717, 1.165) is 37.5 Å². The number of nitrogens with one attached hydrogen (secondary N) is 1. The summed E-state index contributed by atoms with van der Waals surface area (Å²) in [4.78, 5) is 12.1. The summed E-state index contributed by atoms with van der Waals surface area (Å²) < 4.78 is 12.8. The molecule has 7 heteroatoms. The van der Waals surface area contributed by atoms with Crippen LogP contribution in [0.1, 0.15) is 25.0 Å². The van der Waals surface area contributed by atoms with Crippen LogP contribution in [-0.4, -0.2) is 52.6 Å². The molecule has 2 unspecified atom stereocenters. The molecule has 0 radical (unpaired) electrons. The second-order valence-corrected chi connectivity index (χ2v) is 5.18. The summed E-state index contributed by atoms with van der Waals surface area (Å²) in [5, 5.41) is 11.4. The van der Waals surface area contributed by atoms with Gasteiger partial charge in [-0.25, -0.2) is 0 Å². The summed E-state index contributed by atoms with van der Waals surface area (Å²) in [6, 6.07) is 0.113. The molecule has 1 fully saturated rings.